The van der Waals surface area contributed by atoms with E-state index in [1.165, 1.54) is 10.4 Å². The minimum atomic E-state index is -2.57. The molecule has 3 rings (SSSR count). The van der Waals surface area contributed by atoms with E-state index in [2.05, 4.69) is 119 Å². The van der Waals surface area contributed by atoms with Gasteiger partial charge < -0.3 is 4.43 Å². The standard InChI is InChI=1S/C29H35NOSSi/c1-7-8-9-12-17-24-22-32-27(30-24)29(5,6)23-31-33(28(2,3)4,25-18-13-10-14-19-25)26-20-15-11-16-21-26/h7,10-11,13-16,18-22H,1,8,17,23H2,2-6H3. The van der Waals surface area contributed by atoms with Crippen molar-refractivity contribution < 1.29 is 4.43 Å². The molecule has 2 nitrogen and oxygen atoms in total. The van der Waals surface area contributed by atoms with Crippen LogP contribution in [0.2, 0.25) is 5.04 Å². The van der Waals surface area contributed by atoms with Gasteiger partial charge in [0.15, 0.2) is 0 Å². The Bertz CT molecular complexity index is 1060. The minimum absolute atomic E-state index is 0.0411. The molecule has 0 aliphatic carbocycles. The van der Waals surface area contributed by atoms with Crippen LogP contribution in [-0.4, -0.2) is 19.9 Å². The van der Waals surface area contributed by atoms with Crippen molar-refractivity contribution in [2.24, 2.45) is 0 Å². The van der Waals surface area contributed by atoms with Crippen molar-refractivity contribution in [1.29, 1.82) is 0 Å². The molecule has 2 aromatic carbocycles. The summed E-state index contributed by atoms with van der Waals surface area (Å²) in [6.07, 6.45) is 3.22. The second-order valence-corrected chi connectivity index (χ2v) is 15.2. The average molecular weight is 474 g/mol. The lowest BCUT2D eigenvalue weighted by Gasteiger charge is -2.44. The van der Waals surface area contributed by atoms with Gasteiger partial charge in [0.2, 0.25) is 0 Å². The highest BCUT2D eigenvalue weighted by molar-refractivity contribution is 7.09. The molecular weight excluding hydrogens is 438 g/mol. The molecule has 0 spiro atoms. The Morgan fingerprint density at radius 3 is 2.03 bits per heavy atom. The molecule has 0 aliphatic heterocycles. The number of benzene rings is 2. The Morgan fingerprint density at radius 2 is 1.52 bits per heavy atom. The molecule has 0 unspecified atom stereocenters. The van der Waals surface area contributed by atoms with Crippen molar-refractivity contribution >= 4 is 30.0 Å². The van der Waals surface area contributed by atoms with Crippen LogP contribution in [0.3, 0.4) is 0 Å². The molecule has 0 saturated carbocycles. The number of nitrogens with zero attached hydrogens (tertiary/aromatic N) is 1. The van der Waals surface area contributed by atoms with Gasteiger partial charge in [-0.05, 0) is 15.4 Å². The fourth-order valence-electron chi connectivity index (χ4n) is 4.11. The van der Waals surface area contributed by atoms with Crippen LogP contribution in [0.5, 0.6) is 0 Å². The summed E-state index contributed by atoms with van der Waals surface area (Å²) in [6.45, 7) is 15.7. The largest absolute Gasteiger partial charge is 0.406 e. The zero-order valence-corrected chi connectivity index (χ0v) is 22.3. The van der Waals surface area contributed by atoms with Crippen LogP contribution in [0.4, 0.5) is 0 Å². The number of hydrogen-bond acceptors (Lipinski definition) is 3. The average Bonchev–Trinajstić information content (AvgIpc) is 3.28. The van der Waals surface area contributed by atoms with Crippen LogP contribution < -0.4 is 10.4 Å². The molecule has 0 atom stereocenters. The van der Waals surface area contributed by atoms with E-state index in [4.69, 9.17) is 9.41 Å². The van der Waals surface area contributed by atoms with Crippen LogP contribution in [-0.2, 0) is 16.3 Å². The summed E-state index contributed by atoms with van der Waals surface area (Å²) in [7, 11) is -2.57. The smallest absolute Gasteiger partial charge is 0.261 e. The Balaban J connectivity index is 1.94. The molecule has 1 heterocycles. The van der Waals surface area contributed by atoms with Gasteiger partial charge in [-0.3, -0.25) is 0 Å². The molecule has 4 heteroatoms. The molecule has 1 aromatic heterocycles. The van der Waals surface area contributed by atoms with E-state index in [9.17, 15) is 0 Å². The van der Waals surface area contributed by atoms with Crippen molar-refractivity contribution in [1.82, 2.24) is 4.98 Å². The summed E-state index contributed by atoms with van der Waals surface area (Å²) in [6, 6.07) is 21.6. The van der Waals surface area contributed by atoms with E-state index in [1.807, 2.05) is 6.08 Å². The van der Waals surface area contributed by atoms with E-state index < -0.39 is 8.32 Å². The summed E-state index contributed by atoms with van der Waals surface area (Å²) in [5.41, 5.74) is 0.829. The summed E-state index contributed by atoms with van der Waals surface area (Å²) in [5.74, 6) is 6.29. The van der Waals surface area contributed by atoms with Gasteiger partial charge in [0, 0.05) is 23.8 Å². The lowest BCUT2D eigenvalue weighted by Crippen LogP contribution is -2.67. The predicted octanol–water partition coefficient (Wildman–Crippen LogP) is 6.12. The van der Waals surface area contributed by atoms with Gasteiger partial charge in [0.25, 0.3) is 8.32 Å². The molecule has 0 amide bonds. The third-order valence-electron chi connectivity index (χ3n) is 5.84. The van der Waals surface area contributed by atoms with Gasteiger partial charge in [-0.15, -0.1) is 17.9 Å². The first-order valence-corrected chi connectivity index (χ1v) is 14.3. The zero-order valence-electron chi connectivity index (χ0n) is 20.5. The molecular formula is C29H35NOSSi. The van der Waals surface area contributed by atoms with E-state index in [-0.39, 0.29) is 10.5 Å². The summed E-state index contributed by atoms with van der Waals surface area (Å²) < 4.78 is 7.17. The van der Waals surface area contributed by atoms with Gasteiger partial charge in [-0.2, -0.15) is 0 Å². The highest BCUT2D eigenvalue weighted by atomic mass is 32.1. The Labute approximate surface area is 204 Å². The minimum Gasteiger partial charge on any atom is -0.406 e. The van der Waals surface area contributed by atoms with E-state index in [1.54, 1.807) is 11.3 Å². The second kappa shape index (κ2) is 10.7. The molecule has 0 radical (unpaired) electrons. The van der Waals surface area contributed by atoms with Gasteiger partial charge in [0.1, 0.15) is 5.01 Å². The summed E-state index contributed by atoms with van der Waals surface area (Å²) in [4.78, 5) is 4.91. The van der Waals surface area contributed by atoms with Crippen molar-refractivity contribution in [2.75, 3.05) is 6.61 Å². The number of allylic oxidation sites excluding steroid dienone is 1. The fraction of sp³-hybridized carbons (Fsp3) is 0.345. The maximum absolute atomic E-state index is 7.17. The number of hydrogen-bond donors (Lipinski definition) is 0. The molecule has 33 heavy (non-hydrogen) atoms. The second-order valence-electron chi connectivity index (χ2n) is 10.0. The maximum Gasteiger partial charge on any atom is 0.261 e. The van der Waals surface area contributed by atoms with Crippen molar-refractivity contribution in [3.05, 3.63) is 89.4 Å². The number of aromatic nitrogens is 1. The van der Waals surface area contributed by atoms with Crippen molar-refractivity contribution in [2.45, 2.75) is 57.9 Å². The number of thiazole rings is 1. The van der Waals surface area contributed by atoms with E-state index >= 15 is 0 Å². The maximum atomic E-state index is 7.17. The normalized spacial score (nSPS) is 12.2. The first-order valence-electron chi connectivity index (χ1n) is 11.5. The van der Waals surface area contributed by atoms with Crippen LogP contribution in [0.15, 0.2) is 78.7 Å². The van der Waals surface area contributed by atoms with Gasteiger partial charge in [-0.25, -0.2) is 4.98 Å². The van der Waals surface area contributed by atoms with Crippen molar-refractivity contribution in [3.8, 4) is 11.8 Å². The van der Waals surface area contributed by atoms with E-state index in [0.29, 0.717) is 13.0 Å². The molecule has 3 aromatic rings. The van der Waals surface area contributed by atoms with E-state index in [0.717, 1.165) is 17.1 Å². The lowest BCUT2D eigenvalue weighted by molar-refractivity contribution is 0.226. The van der Waals surface area contributed by atoms with Gasteiger partial charge in [-0.1, -0.05) is 113 Å². The zero-order chi connectivity index (χ0) is 24.0. The highest BCUT2D eigenvalue weighted by Crippen LogP contribution is 2.38. The number of rotatable bonds is 8. The monoisotopic (exact) mass is 473 g/mol. The first-order chi connectivity index (χ1) is 15.7. The van der Waals surface area contributed by atoms with Crippen LogP contribution in [0.25, 0.3) is 0 Å². The molecule has 0 saturated heterocycles. The first kappa shape index (κ1) is 25.2. The third-order valence-corrected chi connectivity index (χ3v) is 12.1. The predicted molar refractivity (Wildman–Crippen MR) is 145 cm³/mol. The van der Waals surface area contributed by atoms with Gasteiger partial charge in [0.05, 0.1) is 12.1 Å². The Hall–Kier alpha value is -2.45. The van der Waals surface area contributed by atoms with Crippen LogP contribution >= 0.6 is 11.3 Å². The lowest BCUT2D eigenvalue weighted by atomic mass is 9.96. The molecule has 0 N–H and O–H groups in total. The molecule has 0 fully saturated rings. The van der Waals surface area contributed by atoms with Crippen molar-refractivity contribution in [3.63, 3.8) is 0 Å². The highest BCUT2D eigenvalue weighted by Gasteiger charge is 2.51. The molecule has 0 aliphatic rings. The Kier molecular flexibility index (Phi) is 8.13. The van der Waals surface area contributed by atoms with Gasteiger partial charge >= 0.3 is 0 Å². The van der Waals surface area contributed by atoms with Crippen LogP contribution in [0.1, 0.15) is 51.7 Å². The Morgan fingerprint density at radius 1 is 0.939 bits per heavy atom. The van der Waals surface area contributed by atoms with Crippen LogP contribution in [0, 0.1) is 11.8 Å². The quantitative estimate of drug-likeness (QED) is 0.223. The molecule has 172 valence electrons. The topological polar surface area (TPSA) is 22.1 Å². The summed E-state index contributed by atoms with van der Waals surface area (Å²) >= 11 is 1.71. The summed E-state index contributed by atoms with van der Waals surface area (Å²) in [5, 5.41) is 5.79. The third kappa shape index (κ3) is 5.73. The SMILES string of the molecule is C=CCC#CCc1csc(C(C)(C)CO[Si](c2ccccc2)(c2ccccc2)C(C)(C)C)n1. The fourth-order valence-corrected chi connectivity index (χ4v) is 9.77. The molecule has 0 bridgehead atoms.